The number of carbonyl (C=O) groups is 2. The number of nitro groups is 1. The lowest BCUT2D eigenvalue weighted by Gasteiger charge is -2.33. The molecule has 0 bridgehead atoms. The normalized spacial score (nSPS) is 14.5. The smallest absolute Gasteiger partial charge is 0.282 e. The Kier molecular flexibility index (Phi) is 13.5. The molecule has 2 N–H and O–H groups in total. The summed E-state index contributed by atoms with van der Waals surface area (Å²) < 4.78 is 16.1. The van der Waals surface area contributed by atoms with Gasteiger partial charge in [-0.2, -0.15) is 0 Å². The molecule has 6 aromatic rings. The van der Waals surface area contributed by atoms with Gasteiger partial charge >= 0.3 is 0 Å². The molecule has 0 aliphatic carbocycles. The largest absolute Gasteiger partial charge is 0.493 e. The molecular formula is C47H53N9O7. The van der Waals surface area contributed by atoms with Gasteiger partial charge in [-0.1, -0.05) is 12.1 Å². The molecule has 63 heavy (non-hydrogen) atoms. The van der Waals surface area contributed by atoms with Gasteiger partial charge in [-0.05, 0) is 106 Å². The van der Waals surface area contributed by atoms with Crippen LogP contribution in [0.5, 0.6) is 17.2 Å². The lowest BCUT2D eigenvalue weighted by molar-refractivity contribution is -0.385. The molecule has 2 amide bonds. The van der Waals surface area contributed by atoms with Crippen LogP contribution in [0.2, 0.25) is 0 Å². The van der Waals surface area contributed by atoms with E-state index in [4.69, 9.17) is 24.2 Å². The maximum absolute atomic E-state index is 13.0. The molecule has 328 valence electrons. The molecule has 0 spiro atoms. The Hall–Kier alpha value is -7.04. The first-order valence-electron chi connectivity index (χ1n) is 20.7. The number of aromatic nitrogens is 2. The van der Waals surface area contributed by atoms with Crippen LogP contribution in [0.15, 0.2) is 84.9 Å². The molecule has 2 saturated heterocycles. The molecule has 4 heterocycles. The van der Waals surface area contributed by atoms with E-state index in [0.29, 0.717) is 34.2 Å². The van der Waals surface area contributed by atoms with Crippen LogP contribution < -0.4 is 34.6 Å². The minimum atomic E-state index is -0.552. The van der Waals surface area contributed by atoms with E-state index in [2.05, 4.69) is 63.4 Å². The number of benzene rings is 4. The van der Waals surface area contributed by atoms with E-state index in [-0.39, 0.29) is 17.2 Å². The van der Waals surface area contributed by atoms with Crippen molar-refractivity contribution in [3.8, 4) is 17.2 Å². The second-order valence-corrected chi connectivity index (χ2v) is 15.7. The zero-order valence-electron chi connectivity index (χ0n) is 36.7. The predicted octanol–water partition coefficient (Wildman–Crippen LogP) is 7.03. The lowest BCUT2D eigenvalue weighted by Crippen LogP contribution is -2.44. The summed E-state index contributed by atoms with van der Waals surface area (Å²) in [5.74, 6) is 2.48. The van der Waals surface area contributed by atoms with Gasteiger partial charge in [0.25, 0.3) is 17.5 Å². The van der Waals surface area contributed by atoms with Gasteiger partial charge < -0.3 is 44.4 Å². The van der Waals surface area contributed by atoms with E-state index in [0.717, 1.165) is 96.9 Å². The first kappa shape index (κ1) is 44.0. The molecule has 16 nitrogen and oxygen atoms in total. The number of carbonyl (C=O) groups excluding carboxylic acids is 2. The van der Waals surface area contributed by atoms with E-state index >= 15 is 0 Å². The second-order valence-electron chi connectivity index (χ2n) is 15.7. The highest BCUT2D eigenvalue weighted by molar-refractivity contribution is 6.08. The van der Waals surface area contributed by atoms with Crippen LogP contribution >= 0.6 is 0 Å². The molecule has 0 atom stereocenters. The van der Waals surface area contributed by atoms with Crippen LogP contribution in [0.25, 0.3) is 21.8 Å². The molecule has 2 aliphatic heterocycles. The topological polar surface area (TPSA) is 168 Å². The lowest BCUT2D eigenvalue weighted by atomic mass is 10.1. The van der Waals surface area contributed by atoms with Crippen molar-refractivity contribution in [1.29, 1.82) is 0 Å². The van der Waals surface area contributed by atoms with E-state index in [1.165, 1.54) is 39.5 Å². The van der Waals surface area contributed by atoms with Gasteiger partial charge in [-0.15, -0.1) is 0 Å². The molecular weight excluding hydrogens is 803 g/mol. The Balaban J connectivity index is 0.000000190. The molecule has 8 rings (SSSR count). The van der Waals surface area contributed by atoms with Crippen LogP contribution in [0.4, 0.5) is 28.7 Å². The third-order valence-corrected chi connectivity index (χ3v) is 11.4. The molecule has 0 saturated carbocycles. The number of pyridine rings is 2. The summed E-state index contributed by atoms with van der Waals surface area (Å²) in [6.07, 6.45) is 0. The maximum atomic E-state index is 13.0. The van der Waals surface area contributed by atoms with Crippen molar-refractivity contribution in [2.45, 2.75) is 13.8 Å². The van der Waals surface area contributed by atoms with Crippen LogP contribution in [-0.4, -0.2) is 124 Å². The zero-order chi connectivity index (χ0) is 44.8. The van der Waals surface area contributed by atoms with Crippen molar-refractivity contribution in [2.24, 2.45) is 0 Å². The standard InChI is InChI=1S/C25H30N4O4.C22H23N5O3/c1-16-12-23(29-10-8-28(2)9-11-29)27-20-7-6-18(15-19(16)20)26-25(30)17-13-21(31-3)24(33-5)22(14-17)32-4;1-15-13-21(26-11-9-25(2)10-12-26)24-19-8-7-16(14-18(15)19)23-22(28)17-5-3-4-6-20(17)27(29)30/h6-7,12-15H,8-11H2,1-5H3,(H,26,30);3-8,13-14H,9-12H2,1-2H3,(H,23,28). The maximum Gasteiger partial charge on any atom is 0.282 e. The highest BCUT2D eigenvalue weighted by Gasteiger charge is 2.22. The summed E-state index contributed by atoms with van der Waals surface area (Å²) in [6, 6.07) is 24.7. The average Bonchev–Trinajstić information content (AvgIpc) is 3.29. The molecule has 2 fully saturated rings. The van der Waals surface area contributed by atoms with Gasteiger partial charge in [0.2, 0.25) is 5.75 Å². The first-order valence-corrected chi connectivity index (χ1v) is 20.7. The highest BCUT2D eigenvalue weighted by atomic mass is 16.6. The first-order chi connectivity index (χ1) is 30.3. The number of amides is 2. The number of nitrogens with one attached hydrogen (secondary N) is 2. The number of piperazine rings is 2. The number of rotatable bonds is 10. The fourth-order valence-electron chi connectivity index (χ4n) is 7.74. The van der Waals surface area contributed by atoms with E-state index in [1.807, 2.05) is 37.3 Å². The number of fused-ring (bicyclic) bond motifs is 2. The van der Waals surface area contributed by atoms with Crippen molar-refractivity contribution >= 4 is 62.3 Å². The summed E-state index contributed by atoms with van der Waals surface area (Å²) >= 11 is 0. The van der Waals surface area contributed by atoms with E-state index in [9.17, 15) is 19.7 Å². The molecule has 0 unspecified atom stereocenters. The summed E-state index contributed by atoms with van der Waals surface area (Å²) in [4.78, 5) is 55.1. The minimum absolute atomic E-state index is 0.0304. The van der Waals surface area contributed by atoms with Crippen LogP contribution in [0.1, 0.15) is 31.8 Å². The molecule has 2 aliphatic rings. The molecule has 0 radical (unpaired) electrons. The van der Waals surface area contributed by atoms with Gasteiger partial charge in [-0.3, -0.25) is 19.7 Å². The third-order valence-electron chi connectivity index (χ3n) is 11.4. The van der Waals surface area contributed by atoms with Gasteiger partial charge in [0.15, 0.2) is 11.5 Å². The SMILES string of the molecule is COc1cc(C(=O)Nc2ccc3nc(N4CCN(C)CC4)cc(C)c3c2)cc(OC)c1OC.Cc1cc(N2CCN(C)CC2)nc2ccc(NC(=O)c3ccccc3[N+](=O)[O-])cc12. The second kappa shape index (κ2) is 19.3. The quantitative estimate of drug-likeness (QED) is 0.107. The molecule has 16 heteroatoms. The number of para-hydroxylation sites is 1. The Morgan fingerprint density at radius 3 is 1.52 bits per heavy atom. The van der Waals surface area contributed by atoms with Gasteiger partial charge in [-0.25, -0.2) is 9.97 Å². The summed E-state index contributed by atoms with van der Waals surface area (Å²) in [7, 11) is 8.84. The van der Waals surface area contributed by atoms with Crippen molar-refractivity contribution in [3.05, 3.63) is 117 Å². The molecule has 2 aromatic heterocycles. The number of likely N-dealkylation sites (N-methyl/N-ethyl adjacent to an activating group) is 2. The number of nitro benzene ring substituents is 1. The monoisotopic (exact) mass is 855 g/mol. The number of aryl methyl sites for hydroxylation is 2. The van der Waals surface area contributed by atoms with Crippen molar-refractivity contribution < 1.29 is 28.7 Å². The number of anilines is 4. The average molecular weight is 856 g/mol. The highest BCUT2D eigenvalue weighted by Crippen LogP contribution is 2.38. The Morgan fingerprint density at radius 1 is 0.619 bits per heavy atom. The predicted molar refractivity (Wildman–Crippen MR) is 247 cm³/mol. The third kappa shape index (κ3) is 10.0. The molecule has 4 aromatic carbocycles. The number of nitrogens with zero attached hydrogens (tertiary/aromatic N) is 7. The van der Waals surface area contributed by atoms with Crippen molar-refractivity contribution in [1.82, 2.24) is 19.8 Å². The Bertz CT molecular complexity index is 2630. The summed E-state index contributed by atoms with van der Waals surface area (Å²) in [5, 5.41) is 18.9. The van der Waals surface area contributed by atoms with Crippen molar-refractivity contribution in [2.75, 3.05) is 108 Å². The zero-order valence-corrected chi connectivity index (χ0v) is 36.7. The van der Waals surface area contributed by atoms with Crippen LogP contribution in [0.3, 0.4) is 0 Å². The van der Waals surface area contributed by atoms with Gasteiger partial charge in [0, 0.05) is 86.1 Å². The summed E-state index contributed by atoms with van der Waals surface area (Å²) in [5.41, 5.74) is 5.44. The van der Waals surface area contributed by atoms with Crippen LogP contribution in [0, 0.1) is 24.0 Å². The fraction of sp³-hybridized carbons (Fsp3) is 0.319. The summed E-state index contributed by atoms with van der Waals surface area (Å²) in [6.45, 7) is 12.0. The van der Waals surface area contributed by atoms with Gasteiger partial charge in [0.1, 0.15) is 17.2 Å². The van der Waals surface area contributed by atoms with Gasteiger partial charge in [0.05, 0.1) is 37.3 Å². The van der Waals surface area contributed by atoms with Crippen LogP contribution in [-0.2, 0) is 0 Å². The fourth-order valence-corrected chi connectivity index (χ4v) is 7.74. The Labute approximate surface area is 366 Å². The van der Waals surface area contributed by atoms with E-state index in [1.54, 1.807) is 24.3 Å². The van der Waals surface area contributed by atoms with E-state index < -0.39 is 10.8 Å². The Morgan fingerprint density at radius 2 is 1.08 bits per heavy atom. The number of methoxy groups -OCH3 is 3. The van der Waals surface area contributed by atoms with Crippen molar-refractivity contribution in [3.63, 3.8) is 0 Å². The number of hydrogen-bond acceptors (Lipinski definition) is 13. The number of ether oxygens (including phenoxy) is 3. The minimum Gasteiger partial charge on any atom is -0.493 e. The number of hydrogen-bond donors (Lipinski definition) is 2.